The zero-order valence-corrected chi connectivity index (χ0v) is 25.0. The number of ether oxygens (including phenoxy) is 2. The van der Waals surface area contributed by atoms with Crippen LogP contribution in [0.5, 0.6) is 11.5 Å². The quantitative estimate of drug-likeness (QED) is 0.119. The maximum absolute atomic E-state index is 12.9. The molecule has 238 valence electrons. The normalized spacial score (nSPS) is 10.9. The lowest BCUT2D eigenvalue weighted by molar-refractivity contribution is 0.0464. The first-order valence-electron chi connectivity index (χ1n) is 14.6. The maximum atomic E-state index is 12.9. The zero-order chi connectivity index (χ0) is 33.9. The molecule has 6 aromatic rings. The molecule has 0 aliphatic rings. The Bertz CT molecular complexity index is 2080. The molecule has 0 fully saturated rings. The SMILES string of the molecule is O=C(OCc1ccccc1)c1ccc2c(-c3c(O)c(C(=O)O)cc4cc(C(=O)OCc5ccccc5)ccc34)c(O)c(C(=O)O)cc2c1. The molecule has 6 aromatic carbocycles. The lowest BCUT2D eigenvalue weighted by Gasteiger charge is -2.18. The van der Waals surface area contributed by atoms with Gasteiger partial charge in [-0.25, -0.2) is 19.2 Å². The van der Waals surface area contributed by atoms with Crippen molar-refractivity contribution in [3.8, 4) is 22.6 Å². The summed E-state index contributed by atoms with van der Waals surface area (Å²) < 4.78 is 10.8. The summed E-state index contributed by atoms with van der Waals surface area (Å²) in [5.74, 6) is -5.84. The number of esters is 2. The minimum atomic E-state index is -1.51. The molecule has 0 saturated heterocycles. The van der Waals surface area contributed by atoms with Gasteiger partial charge in [-0.3, -0.25) is 0 Å². The van der Waals surface area contributed by atoms with Crippen molar-refractivity contribution in [2.24, 2.45) is 0 Å². The fourth-order valence-electron chi connectivity index (χ4n) is 5.49. The van der Waals surface area contributed by atoms with Crippen LogP contribution in [0.4, 0.5) is 0 Å². The predicted molar refractivity (Wildman–Crippen MR) is 175 cm³/mol. The molecular weight excluding hydrogens is 616 g/mol. The van der Waals surface area contributed by atoms with Crippen LogP contribution in [0.2, 0.25) is 0 Å². The third-order valence-electron chi connectivity index (χ3n) is 7.83. The van der Waals surface area contributed by atoms with Gasteiger partial charge in [-0.15, -0.1) is 0 Å². The van der Waals surface area contributed by atoms with Crippen molar-refractivity contribution in [2.75, 3.05) is 0 Å². The number of hydrogen-bond acceptors (Lipinski definition) is 8. The molecular formula is C38H26O10. The number of aromatic carboxylic acids is 2. The fourth-order valence-corrected chi connectivity index (χ4v) is 5.49. The van der Waals surface area contributed by atoms with Gasteiger partial charge in [-0.05, 0) is 69.1 Å². The molecule has 0 bridgehead atoms. The van der Waals surface area contributed by atoms with E-state index in [1.807, 2.05) is 12.1 Å². The summed E-state index contributed by atoms with van der Waals surface area (Å²) >= 11 is 0. The Morgan fingerprint density at radius 1 is 0.500 bits per heavy atom. The number of rotatable bonds is 9. The van der Waals surface area contributed by atoms with Crippen LogP contribution in [-0.4, -0.2) is 44.3 Å². The van der Waals surface area contributed by atoms with Crippen LogP contribution in [0, 0.1) is 0 Å². The highest BCUT2D eigenvalue weighted by atomic mass is 16.5. The zero-order valence-electron chi connectivity index (χ0n) is 25.0. The van der Waals surface area contributed by atoms with Crippen LogP contribution >= 0.6 is 0 Å². The second-order valence-electron chi connectivity index (χ2n) is 10.9. The monoisotopic (exact) mass is 642 g/mol. The molecule has 48 heavy (non-hydrogen) atoms. The lowest BCUT2D eigenvalue weighted by atomic mass is 9.88. The molecule has 4 N–H and O–H groups in total. The fraction of sp³-hybridized carbons (Fsp3) is 0.0526. The molecule has 10 nitrogen and oxygen atoms in total. The third kappa shape index (κ3) is 6.10. The summed E-state index contributed by atoms with van der Waals surface area (Å²) in [7, 11) is 0. The number of carboxylic acid groups (broad SMARTS) is 2. The second-order valence-corrected chi connectivity index (χ2v) is 10.9. The molecule has 0 atom stereocenters. The summed E-state index contributed by atoms with van der Waals surface area (Å²) in [5.41, 5.74) is 0.249. The number of hydrogen-bond donors (Lipinski definition) is 4. The van der Waals surface area contributed by atoms with E-state index in [2.05, 4.69) is 0 Å². The molecule has 10 heteroatoms. The van der Waals surface area contributed by atoms with Crippen molar-refractivity contribution < 1.29 is 49.1 Å². The van der Waals surface area contributed by atoms with Crippen molar-refractivity contribution in [3.05, 3.63) is 143 Å². The van der Waals surface area contributed by atoms with Gasteiger partial charge >= 0.3 is 23.9 Å². The van der Waals surface area contributed by atoms with E-state index in [0.717, 1.165) is 11.1 Å². The van der Waals surface area contributed by atoms with E-state index in [4.69, 9.17) is 9.47 Å². The van der Waals surface area contributed by atoms with Gasteiger partial charge in [0.05, 0.1) is 11.1 Å². The highest BCUT2D eigenvalue weighted by Crippen LogP contribution is 2.48. The first kappa shape index (κ1) is 31.3. The van der Waals surface area contributed by atoms with Gasteiger partial charge in [-0.1, -0.05) is 72.8 Å². The van der Waals surface area contributed by atoms with Crippen molar-refractivity contribution >= 4 is 45.4 Å². The number of aromatic hydroxyl groups is 2. The average molecular weight is 643 g/mol. The van der Waals surface area contributed by atoms with E-state index in [1.165, 1.54) is 48.5 Å². The van der Waals surface area contributed by atoms with E-state index in [0.29, 0.717) is 0 Å². The van der Waals surface area contributed by atoms with E-state index in [-0.39, 0.29) is 57.0 Å². The van der Waals surface area contributed by atoms with E-state index >= 15 is 0 Å². The molecule has 6 rings (SSSR count). The van der Waals surface area contributed by atoms with Gasteiger partial charge in [-0.2, -0.15) is 0 Å². The highest BCUT2D eigenvalue weighted by Gasteiger charge is 2.27. The molecule has 0 unspecified atom stereocenters. The summed E-state index contributed by atoms with van der Waals surface area (Å²) in [4.78, 5) is 50.4. The molecule has 0 heterocycles. The van der Waals surface area contributed by atoms with Crippen molar-refractivity contribution in [2.45, 2.75) is 13.2 Å². The number of carbonyl (C=O) groups excluding carboxylic acids is 2. The van der Waals surface area contributed by atoms with Crippen LogP contribution in [0.15, 0.2) is 109 Å². The number of fused-ring (bicyclic) bond motifs is 2. The van der Waals surface area contributed by atoms with Gasteiger partial charge in [0.2, 0.25) is 0 Å². The second kappa shape index (κ2) is 13.0. The molecule has 0 amide bonds. The van der Waals surface area contributed by atoms with Crippen molar-refractivity contribution in [1.29, 1.82) is 0 Å². The van der Waals surface area contributed by atoms with E-state index in [9.17, 15) is 39.6 Å². The molecule has 0 aliphatic carbocycles. The highest BCUT2D eigenvalue weighted by molar-refractivity contribution is 6.16. The largest absolute Gasteiger partial charge is 0.506 e. The Balaban J connectivity index is 1.47. The Morgan fingerprint density at radius 2 is 0.875 bits per heavy atom. The van der Waals surface area contributed by atoms with Crippen molar-refractivity contribution in [3.63, 3.8) is 0 Å². The Hall–Kier alpha value is -6.68. The summed E-state index contributed by atoms with van der Waals surface area (Å²) in [6.07, 6.45) is 0. The van der Waals surface area contributed by atoms with Crippen LogP contribution in [0.3, 0.4) is 0 Å². The molecule has 0 spiro atoms. The summed E-state index contributed by atoms with van der Waals surface area (Å²) in [6, 6.07) is 28.9. The van der Waals surface area contributed by atoms with Crippen LogP contribution in [0.25, 0.3) is 32.7 Å². The van der Waals surface area contributed by atoms with Gasteiger partial charge in [0.15, 0.2) is 0 Å². The number of benzene rings is 6. The minimum Gasteiger partial charge on any atom is -0.506 e. The first-order valence-corrected chi connectivity index (χ1v) is 14.6. The Labute approximate surface area is 272 Å². The summed E-state index contributed by atoms with van der Waals surface area (Å²) in [5, 5.41) is 43.4. The van der Waals surface area contributed by atoms with Crippen LogP contribution in [0.1, 0.15) is 52.6 Å². The maximum Gasteiger partial charge on any atom is 0.339 e. The predicted octanol–water partition coefficient (Wildman–Crippen LogP) is 7.18. The van der Waals surface area contributed by atoms with Gasteiger partial charge < -0.3 is 29.9 Å². The molecule has 0 aliphatic heterocycles. The molecule has 0 radical (unpaired) electrons. The average Bonchev–Trinajstić information content (AvgIpc) is 3.09. The molecule has 0 saturated carbocycles. The molecule has 0 aromatic heterocycles. The first-order chi connectivity index (χ1) is 23.1. The third-order valence-corrected chi connectivity index (χ3v) is 7.83. The van der Waals surface area contributed by atoms with Crippen LogP contribution < -0.4 is 0 Å². The summed E-state index contributed by atoms with van der Waals surface area (Å²) in [6.45, 7) is 0.00505. The minimum absolute atomic E-state index is 0.00252. The van der Waals surface area contributed by atoms with Crippen LogP contribution in [-0.2, 0) is 22.7 Å². The topological polar surface area (TPSA) is 168 Å². The number of carbonyl (C=O) groups is 4. The Morgan fingerprint density at radius 3 is 1.23 bits per heavy atom. The van der Waals surface area contributed by atoms with Gasteiger partial charge in [0.25, 0.3) is 0 Å². The van der Waals surface area contributed by atoms with Gasteiger partial charge in [0, 0.05) is 11.1 Å². The lowest BCUT2D eigenvalue weighted by Crippen LogP contribution is -2.06. The Kier molecular flexibility index (Phi) is 8.46. The smallest absolute Gasteiger partial charge is 0.339 e. The number of phenols is 2. The van der Waals surface area contributed by atoms with E-state index < -0.39 is 46.5 Å². The standard InChI is InChI=1S/C38H26O10/c39-33-29(35(41)42)17-25-15-23(37(45)47-19-21-7-3-1-4-8-21)11-13-27(25)31(33)32-28-14-12-24(16-26(28)18-30(34(32)40)36(43)44)38(46)48-20-22-9-5-2-6-10-22/h1-18,39-40H,19-20H2,(H,41,42)(H,43,44). The number of carboxylic acids is 2. The van der Waals surface area contributed by atoms with Gasteiger partial charge in [0.1, 0.15) is 35.8 Å². The van der Waals surface area contributed by atoms with E-state index in [1.54, 1.807) is 48.5 Å². The van der Waals surface area contributed by atoms with Crippen molar-refractivity contribution in [1.82, 2.24) is 0 Å².